The highest BCUT2D eigenvalue weighted by molar-refractivity contribution is 6.03. The van der Waals surface area contributed by atoms with Crippen molar-refractivity contribution in [1.82, 2.24) is 0 Å². The molecule has 1 aliphatic heterocycles. The van der Waals surface area contributed by atoms with Gasteiger partial charge in [0.05, 0.1) is 5.54 Å². The topological polar surface area (TPSA) is 52.3 Å². The van der Waals surface area contributed by atoms with Gasteiger partial charge in [0.25, 0.3) is 0 Å². The van der Waals surface area contributed by atoms with E-state index in [2.05, 4.69) is 6.92 Å². The molecule has 0 aromatic heterocycles. The van der Waals surface area contributed by atoms with Crippen LogP contribution in [0.5, 0.6) is 0 Å². The molecule has 3 heteroatoms. The Morgan fingerprint density at radius 2 is 2.12 bits per heavy atom. The molecular formula is C14H19NO2. The standard InChI is InChI=1S/C14H19NO2/c1-2-11-4-3-5-12(10-11)13(16)14(15)6-8-17-9-7-14/h3-5,10H,2,6-9,15H2,1H3. The Labute approximate surface area is 102 Å². The van der Waals surface area contributed by atoms with Gasteiger partial charge < -0.3 is 10.5 Å². The van der Waals surface area contributed by atoms with Crippen molar-refractivity contribution in [2.24, 2.45) is 5.73 Å². The van der Waals surface area contributed by atoms with Crippen LogP contribution in [0.25, 0.3) is 0 Å². The van der Waals surface area contributed by atoms with E-state index in [-0.39, 0.29) is 5.78 Å². The third-order valence-electron chi connectivity index (χ3n) is 3.43. The Morgan fingerprint density at radius 3 is 2.76 bits per heavy atom. The van der Waals surface area contributed by atoms with E-state index in [1.807, 2.05) is 24.3 Å². The molecule has 1 aromatic rings. The minimum atomic E-state index is -0.732. The molecule has 0 saturated carbocycles. The molecule has 3 nitrogen and oxygen atoms in total. The largest absolute Gasteiger partial charge is 0.381 e. The van der Waals surface area contributed by atoms with Gasteiger partial charge in [0.15, 0.2) is 5.78 Å². The normalized spacial score (nSPS) is 18.9. The summed E-state index contributed by atoms with van der Waals surface area (Å²) in [7, 11) is 0. The van der Waals surface area contributed by atoms with Crippen LogP contribution in [-0.4, -0.2) is 24.5 Å². The van der Waals surface area contributed by atoms with Crippen molar-refractivity contribution < 1.29 is 9.53 Å². The molecule has 1 fully saturated rings. The predicted molar refractivity (Wildman–Crippen MR) is 67.1 cm³/mol. The van der Waals surface area contributed by atoms with Crippen molar-refractivity contribution in [3.63, 3.8) is 0 Å². The molecular weight excluding hydrogens is 214 g/mol. The number of benzene rings is 1. The van der Waals surface area contributed by atoms with Crippen LogP contribution in [-0.2, 0) is 11.2 Å². The van der Waals surface area contributed by atoms with Crippen molar-refractivity contribution in [1.29, 1.82) is 0 Å². The quantitative estimate of drug-likeness (QED) is 0.812. The second kappa shape index (κ2) is 4.98. The monoisotopic (exact) mass is 233 g/mol. The van der Waals surface area contributed by atoms with Gasteiger partial charge in [-0.2, -0.15) is 0 Å². The fraction of sp³-hybridized carbons (Fsp3) is 0.500. The first kappa shape index (κ1) is 12.3. The molecule has 0 radical (unpaired) electrons. The van der Waals surface area contributed by atoms with Crippen molar-refractivity contribution in [2.45, 2.75) is 31.7 Å². The summed E-state index contributed by atoms with van der Waals surface area (Å²) in [5.74, 6) is 0.0519. The number of carbonyl (C=O) groups is 1. The van der Waals surface area contributed by atoms with E-state index in [9.17, 15) is 4.79 Å². The van der Waals surface area contributed by atoms with Gasteiger partial charge in [-0.25, -0.2) is 0 Å². The maximum atomic E-state index is 12.4. The summed E-state index contributed by atoms with van der Waals surface area (Å²) in [5, 5.41) is 0. The average molecular weight is 233 g/mol. The third kappa shape index (κ3) is 2.56. The molecule has 0 amide bonds. The Morgan fingerprint density at radius 1 is 1.41 bits per heavy atom. The second-order valence-corrected chi connectivity index (χ2v) is 4.65. The van der Waals surface area contributed by atoms with Crippen LogP contribution in [0.1, 0.15) is 35.7 Å². The number of aryl methyl sites for hydroxylation is 1. The van der Waals surface area contributed by atoms with E-state index >= 15 is 0 Å². The van der Waals surface area contributed by atoms with Crippen molar-refractivity contribution in [2.75, 3.05) is 13.2 Å². The molecule has 92 valence electrons. The molecule has 0 aliphatic carbocycles. The van der Waals surface area contributed by atoms with Crippen LogP contribution < -0.4 is 5.73 Å². The summed E-state index contributed by atoms with van der Waals surface area (Å²) >= 11 is 0. The van der Waals surface area contributed by atoms with Crippen molar-refractivity contribution in [3.05, 3.63) is 35.4 Å². The lowest BCUT2D eigenvalue weighted by Gasteiger charge is -2.31. The molecule has 0 atom stereocenters. The number of hydrogen-bond donors (Lipinski definition) is 1. The van der Waals surface area contributed by atoms with Crippen LogP contribution in [0.3, 0.4) is 0 Å². The summed E-state index contributed by atoms with van der Waals surface area (Å²) in [6, 6.07) is 7.76. The lowest BCUT2D eigenvalue weighted by Crippen LogP contribution is -2.51. The van der Waals surface area contributed by atoms with Gasteiger partial charge in [-0.15, -0.1) is 0 Å². The molecule has 1 aliphatic rings. The first-order valence-corrected chi connectivity index (χ1v) is 6.16. The molecule has 17 heavy (non-hydrogen) atoms. The third-order valence-corrected chi connectivity index (χ3v) is 3.43. The minimum Gasteiger partial charge on any atom is -0.381 e. The van der Waals surface area contributed by atoms with E-state index < -0.39 is 5.54 Å². The van der Waals surface area contributed by atoms with Crippen molar-refractivity contribution >= 4 is 5.78 Å². The highest BCUT2D eigenvalue weighted by Gasteiger charge is 2.36. The lowest BCUT2D eigenvalue weighted by molar-refractivity contribution is 0.0448. The lowest BCUT2D eigenvalue weighted by atomic mass is 9.83. The van der Waals surface area contributed by atoms with E-state index in [1.54, 1.807) is 0 Å². The van der Waals surface area contributed by atoms with E-state index in [1.165, 1.54) is 5.56 Å². The summed E-state index contributed by atoms with van der Waals surface area (Å²) < 4.78 is 5.26. The Bertz CT molecular complexity index is 408. The average Bonchev–Trinajstić information content (AvgIpc) is 2.39. The van der Waals surface area contributed by atoms with E-state index in [4.69, 9.17) is 10.5 Å². The maximum absolute atomic E-state index is 12.4. The molecule has 2 rings (SSSR count). The summed E-state index contributed by atoms with van der Waals surface area (Å²) in [6.45, 7) is 3.24. The first-order valence-electron chi connectivity index (χ1n) is 6.16. The van der Waals surface area contributed by atoms with E-state index in [0.717, 1.165) is 12.0 Å². The predicted octanol–water partition coefficient (Wildman–Crippen LogP) is 1.94. The Balaban J connectivity index is 2.23. The second-order valence-electron chi connectivity index (χ2n) is 4.65. The van der Waals surface area contributed by atoms with Gasteiger partial charge in [-0.1, -0.05) is 25.1 Å². The van der Waals surface area contributed by atoms with Crippen LogP contribution in [0.15, 0.2) is 24.3 Å². The number of carbonyl (C=O) groups excluding carboxylic acids is 1. The molecule has 1 heterocycles. The minimum absolute atomic E-state index is 0.0519. The van der Waals surface area contributed by atoms with Gasteiger partial charge in [0, 0.05) is 18.8 Å². The Kier molecular flexibility index (Phi) is 3.60. The van der Waals surface area contributed by atoms with Gasteiger partial charge >= 0.3 is 0 Å². The molecule has 0 bridgehead atoms. The van der Waals surface area contributed by atoms with Crippen LogP contribution in [0, 0.1) is 0 Å². The first-order chi connectivity index (χ1) is 8.15. The fourth-order valence-electron chi connectivity index (χ4n) is 2.18. The van der Waals surface area contributed by atoms with E-state index in [0.29, 0.717) is 26.1 Å². The maximum Gasteiger partial charge on any atom is 0.182 e. The smallest absolute Gasteiger partial charge is 0.182 e. The zero-order valence-corrected chi connectivity index (χ0v) is 10.2. The van der Waals surface area contributed by atoms with Crippen LogP contribution in [0.2, 0.25) is 0 Å². The number of rotatable bonds is 3. The highest BCUT2D eigenvalue weighted by atomic mass is 16.5. The molecule has 1 aromatic carbocycles. The number of hydrogen-bond acceptors (Lipinski definition) is 3. The van der Waals surface area contributed by atoms with Gasteiger partial charge in [-0.3, -0.25) is 4.79 Å². The summed E-state index contributed by atoms with van der Waals surface area (Å²) in [5.41, 5.74) is 7.37. The number of ether oxygens (including phenoxy) is 1. The van der Waals surface area contributed by atoms with Gasteiger partial charge in [0.1, 0.15) is 0 Å². The zero-order valence-electron chi connectivity index (χ0n) is 10.2. The molecule has 2 N–H and O–H groups in total. The Hall–Kier alpha value is -1.19. The van der Waals surface area contributed by atoms with Crippen LogP contribution >= 0.6 is 0 Å². The summed E-state index contributed by atoms with van der Waals surface area (Å²) in [6.07, 6.45) is 2.16. The summed E-state index contributed by atoms with van der Waals surface area (Å²) in [4.78, 5) is 12.4. The fourth-order valence-corrected chi connectivity index (χ4v) is 2.18. The zero-order chi connectivity index (χ0) is 12.3. The molecule has 0 spiro atoms. The number of nitrogens with two attached hydrogens (primary N) is 1. The van der Waals surface area contributed by atoms with Gasteiger partial charge in [0.2, 0.25) is 0 Å². The van der Waals surface area contributed by atoms with Crippen LogP contribution in [0.4, 0.5) is 0 Å². The number of Topliss-reactive ketones (excluding diaryl/α,β-unsaturated/α-hetero) is 1. The molecule has 0 unspecified atom stereocenters. The number of ketones is 1. The van der Waals surface area contributed by atoms with Gasteiger partial charge in [-0.05, 0) is 30.9 Å². The van der Waals surface area contributed by atoms with Crippen molar-refractivity contribution in [3.8, 4) is 0 Å². The SMILES string of the molecule is CCc1cccc(C(=O)C2(N)CCOCC2)c1. The molecule has 1 saturated heterocycles. The highest BCUT2D eigenvalue weighted by Crippen LogP contribution is 2.23.